The topological polar surface area (TPSA) is 79.3 Å². The number of rotatable bonds is 6. The smallest absolute Gasteiger partial charge is 0.308 e. The Kier molecular flexibility index (Phi) is 5.32. The number of aryl methyl sites for hydroxylation is 1. The van der Waals surface area contributed by atoms with E-state index in [2.05, 4.69) is 10.3 Å². The molecule has 1 aromatic heterocycles. The fourth-order valence-electron chi connectivity index (χ4n) is 2.65. The van der Waals surface area contributed by atoms with Crippen LogP contribution in [0.2, 0.25) is 0 Å². The number of para-hydroxylation sites is 1. The molecule has 2 N–H and O–H groups in total. The van der Waals surface area contributed by atoms with Gasteiger partial charge in [0.2, 0.25) is 0 Å². The van der Waals surface area contributed by atoms with Crippen molar-refractivity contribution in [3.8, 4) is 0 Å². The molecule has 0 radical (unpaired) electrons. The number of amides is 1. The van der Waals surface area contributed by atoms with Crippen LogP contribution in [0.5, 0.6) is 0 Å². The van der Waals surface area contributed by atoms with Crippen LogP contribution in [0.15, 0.2) is 30.3 Å². The number of hydrogen-bond donors (Lipinski definition) is 2. The van der Waals surface area contributed by atoms with Gasteiger partial charge in [-0.1, -0.05) is 32.0 Å². The fraction of sp³-hybridized carbons (Fsp3) is 0.389. The average molecular weight is 314 g/mol. The zero-order valence-electron chi connectivity index (χ0n) is 13.7. The molecule has 0 fully saturated rings. The standard InChI is InChI=1S/C18H22N2O3/c1-11(2)8-13(18(22)23)10-19-17(21)15-9-12(3)20-16-7-5-4-6-14(15)16/h4-7,9,11,13H,8,10H2,1-3H3,(H,19,21)(H,22,23). The predicted octanol–water partition coefficient (Wildman–Crippen LogP) is 3.02. The van der Waals surface area contributed by atoms with E-state index in [-0.39, 0.29) is 18.4 Å². The molecule has 1 aromatic carbocycles. The maximum atomic E-state index is 12.5. The summed E-state index contributed by atoms with van der Waals surface area (Å²) in [7, 11) is 0. The molecule has 23 heavy (non-hydrogen) atoms. The van der Waals surface area contributed by atoms with Crippen molar-refractivity contribution < 1.29 is 14.7 Å². The predicted molar refractivity (Wildman–Crippen MR) is 89.4 cm³/mol. The van der Waals surface area contributed by atoms with Gasteiger partial charge in [-0.15, -0.1) is 0 Å². The lowest BCUT2D eigenvalue weighted by atomic mass is 9.97. The molecule has 0 bridgehead atoms. The molecule has 2 aromatic rings. The molecule has 0 aliphatic carbocycles. The van der Waals surface area contributed by atoms with Crippen LogP contribution in [0.25, 0.3) is 10.9 Å². The van der Waals surface area contributed by atoms with E-state index in [1.165, 1.54) is 0 Å². The molecule has 0 aliphatic rings. The third-order valence-electron chi connectivity index (χ3n) is 3.70. The lowest BCUT2D eigenvalue weighted by Gasteiger charge is -2.16. The van der Waals surface area contributed by atoms with Gasteiger partial charge in [0.05, 0.1) is 17.0 Å². The second-order valence-corrected chi connectivity index (χ2v) is 6.20. The zero-order chi connectivity index (χ0) is 17.0. The lowest BCUT2D eigenvalue weighted by molar-refractivity contribution is -0.142. The second kappa shape index (κ2) is 7.22. The van der Waals surface area contributed by atoms with Gasteiger partial charge in [-0.05, 0) is 31.4 Å². The number of benzene rings is 1. The van der Waals surface area contributed by atoms with Gasteiger partial charge in [0.25, 0.3) is 5.91 Å². The highest BCUT2D eigenvalue weighted by Gasteiger charge is 2.20. The van der Waals surface area contributed by atoms with E-state index in [0.717, 1.165) is 16.6 Å². The van der Waals surface area contributed by atoms with Gasteiger partial charge < -0.3 is 10.4 Å². The molecule has 2 rings (SSSR count). The molecular weight excluding hydrogens is 292 g/mol. The van der Waals surface area contributed by atoms with Crippen molar-refractivity contribution in [2.24, 2.45) is 11.8 Å². The van der Waals surface area contributed by atoms with Crippen LogP contribution >= 0.6 is 0 Å². The number of fused-ring (bicyclic) bond motifs is 1. The molecule has 1 unspecified atom stereocenters. The average Bonchev–Trinajstić information content (AvgIpc) is 2.49. The van der Waals surface area contributed by atoms with Crippen molar-refractivity contribution in [1.82, 2.24) is 10.3 Å². The van der Waals surface area contributed by atoms with Gasteiger partial charge in [-0.2, -0.15) is 0 Å². The number of carboxylic acid groups (broad SMARTS) is 1. The molecular formula is C18H22N2O3. The largest absolute Gasteiger partial charge is 0.481 e. The summed E-state index contributed by atoms with van der Waals surface area (Å²) >= 11 is 0. The summed E-state index contributed by atoms with van der Waals surface area (Å²) in [4.78, 5) is 28.2. The summed E-state index contributed by atoms with van der Waals surface area (Å²) in [6.45, 7) is 5.90. The highest BCUT2D eigenvalue weighted by molar-refractivity contribution is 6.06. The van der Waals surface area contributed by atoms with E-state index in [1.54, 1.807) is 6.07 Å². The molecule has 0 saturated carbocycles. The van der Waals surface area contributed by atoms with Gasteiger partial charge in [0.15, 0.2) is 0 Å². The van der Waals surface area contributed by atoms with Crippen LogP contribution in [-0.2, 0) is 4.79 Å². The number of carbonyl (C=O) groups is 2. The van der Waals surface area contributed by atoms with Crippen molar-refractivity contribution in [3.05, 3.63) is 41.6 Å². The molecule has 0 saturated heterocycles. The van der Waals surface area contributed by atoms with Gasteiger partial charge in [-0.3, -0.25) is 14.6 Å². The number of nitrogens with one attached hydrogen (secondary N) is 1. The Hall–Kier alpha value is -2.43. The summed E-state index contributed by atoms with van der Waals surface area (Å²) in [5, 5.41) is 12.8. The minimum atomic E-state index is -0.880. The van der Waals surface area contributed by atoms with Gasteiger partial charge in [0, 0.05) is 17.6 Å². The van der Waals surface area contributed by atoms with Gasteiger partial charge >= 0.3 is 5.97 Å². The molecule has 122 valence electrons. The molecule has 5 heteroatoms. The fourth-order valence-corrected chi connectivity index (χ4v) is 2.65. The summed E-state index contributed by atoms with van der Waals surface area (Å²) in [5.41, 5.74) is 2.04. The highest BCUT2D eigenvalue weighted by Crippen LogP contribution is 2.18. The third kappa shape index (κ3) is 4.28. The molecule has 0 aliphatic heterocycles. The second-order valence-electron chi connectivity index (χ2n) is 6.20. The minimum absolute atomic E-state index is 0.127. The van der Waals surface area contributed by atoms with Crippen LogP contribution in [0.4, 0.5) is 0 Å². The minimum Gasteiger partial charge on any atom is -0.481 e. The number of carbonyl (C=O) groups excluding carboxylic acids is 1. The van der Waals surface area contributed by atoms with Gasteiger partial charge in [0.1, 0.15) is 0 Å². The van der Waals surface area contributed by atoms with Crippen LogP contribution in [0.1, 0.15) is 36.3 Å². The number of aliphatic carboxylic acids is 1. The maximum absolute atomic E-state index is 12.5. The number of aromatic nitrogens is 1. The Morgan fingerprint density at radius 3 is 2.61 bits per heavy atom. The molecule has 1 atom stereocenters. The van der Waals surface area contributed by atoms with E-state index in [4.69, 9.17) is 0 Å². The monoisotopic (exact) mass is 314 g/mol. The molecule has 1 heterocycles. The highest BCUT2D eigenvalue weighted by atomic mass is 16.4. The SMILES string of the molecule is Cc1cc(C(=O)NCC(CC(C)C)C(=O)O)c2ccccc2n1. The van der Waals surface area contributed by atoms with Crippen LogP contribution in [0.3, 0.4) is 0 Å². The van der Waals surface area contributed by atoms with E-state index in [0.29, 0.717) is 12.0 Å². The first kappa shape index (κ1) is 16.9. The molecule has 1 amide bonds. The van der Waals surface area contributed by atoms with Crippen molar-refractivity contribution in [3.63, 3.8) is 0 Å². The van der Waals surface area contributed by atoms with Crippen LogP contribution in [0, 0.1) is 18.8 Å². The Morgan fingerprint density at radius 1 is 1.26 bits per heavy atom. The van der Waals surface area contributed by atoms with E-state index in [9.17, 15) is 14.7 Å². The summed E-state index contributed by atoms with van der Waals surface area (Å²) in [6, 6.07) is 9.17. The zero-order valence-corrected chi connectivity index (χ0v) is 13.7. The summed E-state index contributed by atoms with van der Waals surface area (Å²) in [5.74, 6) is -1.46. The maximum Gasteiger partial charge on any atom is 0.308 e. The first-order valence-corrected chi connectivity index (χ1v) is 7.76. The first-order valence-electron chi connectivity index (χ1n) is 7.76. The summed E-state index contributed by atoms with van der Waals surface area (Å²) < 4.78 is 0. The van der Waals surface area contributed by atoms with Crippen molar-refractivity contribution in [1.29, 1.82) is 0 Å². The van der Waals surface area contributed by atoms with E-state index < -0.39 is 11.9 Å². The third-order valence-corrected chi connectivity index (χ3v) is 3.70. The number of nitrogens with zero attached hydrogens (tertiary/aromatic N) is 1. The Bertz CT molecular complexity index is 725. The number of hydrogen-bond acceptors (Lipinski definition) is 3. The Morgan fingerprint density at radius 2 is 1.96 bits per heavy atom. The van der Waals surface area contributed by atoms with E-state index >= 15 is 0 Å². The van der Waals surface area contributed by atoms with Crippen molar-refractivity contribution in [2.75, 3.05) is 6.54 Å². The van der Waals surface area contributed by atoms with Crippen molar-refractivity contribution >= 4 is 22.8 Å². The molecule has 5 nitrogen and oxygen atoms in total. The van der Waals surface area contributed by atoms with E-state index in [1.807, 2.05) is 45.0 Å². The summed E-state index contributed by atoms with van der Waals surface area (Å²) in [6.07, 6.45) is 0.533. The Balaban J connectivity index is 2.19. The normalized spacial score (nSPS) is 12.3. The van der Waals surface area contributed by atoms with Crippen LogP contribution in [-0.4, -0.2) is 28.5 Å². The Labute approximate surface area is 135 Å². The number of pyridine rings is 1. The quantitative estimate of drug-likeness (QED) is 0.859. The molecule has 0 spiro atoms. The lowest BCUT2D eigenvalue weighted by Crippen LogP contribution is -2.33. The van der Waals surface area contributed by atoms with Gasteiger partial charge in [-0.25, -0.2) is 0 Å². The number of carboxylic acids is 1. The van der Waals surface area contributed by atoms with Crippen LogP contribution < -0.4 is 5.32 Å². The van der Waals surface area contributed by atoms with Crippen molar-refractivity contribution in [2.45, 2.75) is 27.2 Å². The first-order chi connectivity index (χ1) is 10.9.